The Morgan fingerprint density at radius 3 is 2.19 bits per heavy atom. The van der Waals surface area contributed by atoms with Gasteiger partial charge in [-0.1, -0.05) is 0 Å². The van der Waals surface area contributed by atoms with E-state index in [1.165, 1.54) is 35.0 Å². The molecule has 0 heterocycles. The molecule has 7 nitrogen and oxygen atoms in total. The van der Waals surface area contributed by atoms with E-state index < -0.39 is 15.7 Å². The summed E-state index contributed by atoms with van der Waals surface area (Å²) in [5.74, 6) is -0.708. The summed E-state index contributed by atoms with van der Waals surface area (Å²) in [6, 6.07) is 3.93. The lowest BCUT2D eigenvalue weighted by Gasteiger charge is -2.19. The minimum Gasteiger partial charge on any atom is -0.399 e. The van der Waals surface area contributed by atoms with Gasteiger partial charge in [-0.05, 0) is 18.2 Å². The van der Waals surface area contributed by atoms with Crippen LogP contribution in [-0.2, 0) is 14.6 Å². The summed E-state index contributed by atoms with van der Waals surface area (Å²) >= 11 is 0. The fourth-order valence-corrected chi connectivity index (χ4v) is 2.29. The summed E-state index contributed by atoms with van der Waals surface area (Å²) in [5, 5.41) is 0. The van der Waals surface area contributed by atoms with E-state index in [4.69, 9.17) is 5.73 Å². The van der Waals surface area contributed by atoms with E-state index in [2.05, 4.69) is 0 Å². The highest BCUT2D eigenvalue weighted by Crippen LogP contribution is 2.18. The summed E-state index contributed by atoms with van der Waals surface area (Å²) in [6.07, 6.45) is 1.04. The molecule has 0 unspecified atom stereocenters. The number of carbonyl (C=O) groups is 2. The van der Waals surface area contributed by atoms with E-state index in [1.54, 1.807) is 14.1 Å². The van der Waals surface area contributed by atoms with Crippen molar-refractivity contribution in [3.05, 3.63) is 23.8 Å². The molecule has 0 aromatic heterocycles. The maximum Gasteiger partial charge on any atom is 0.254 e. The third-order valence-electron chi connectivity index (χ3n) is 2.82. The van der Waals surface area contributed by atoms with Crippen molar-refractivity contribution in [1.29, 1.82) is 0 Å². The van der Waals surface area contributed by atoms with Gasteiger partial charge in [-0.15, -0.1) is 0 Å². The molecular weight excluding hydrogens is 294 g/mol. The molecule has 0 bridgehead atoms. The number of amides is 2. The van der Waals surface area contributed by atoms with Crippen LogP contribution in [0.1, 0.15) is 10.4 Å². The quantitative estimate of drug-likeness (QED) is 0.778. The molecule has 2 amide bonds. The van der Waals surface area contributed by atoms with Gasteiger partial charge in [0.15, 0.2) is 9.84 Å². The Kier molecular flexibility index (Phi) is 4.95. The number of sulfone groups is 1. The molecule has 21 heavy (non-hydrogen) atoms. The van der Waals surface area contributed by atoms with Crippen LogP contribution in [0.2, 0.25) is 0 Å². The lowest BCUT2D eigenvalue weighted by Crippen LogP contribution is -2.37. The van der Waals surface area contributed by atoms with Crippen molar-refractivity contribution in [2.45, 2.75) is 4.90 Å². The Morgan fingerprint density at radius 2 is 1.71 bits per heavy atom. The lowest BCUT2D eigenvalue weighted by molar-refractivity contribution is -0.129. The Balaban J connectivity index is 3.08. The van der Waals surface area contributed by atoms with Crippen molar-refractivity contribution >= 4 is 27.3 Å². The van der Waals surface area contributed by atoms with Gasteiger partial charge < -0.3 is 15.5 Å². The van der Waals surface area contributed by atoms with Gasteiger partial charge in [-0.25, -0.2) is 8.42 Å². The van der Waals surface area contributed by atoms with Gasteiger partial charge in [0, 0.05) is 38.6 Å². The zero-order valence-corrected chi connectivity index (χ0v) is 13.3. The predicted molar refractivity (Wildman–Crippen MR) is 79.6 cm³/mol. The van der Waals surface area contributed by atoms with Crippen molar-refractivity contribution in [3.8, 4) is 0 Å². The van der Waals surface area contributed by atoms with Gasteiger partial charge in [0.1, 0.15) is 0 Å². The monoisotopic (exact) mass is 313 g/mol. The summed E-state index contributed by atoms with van der Waals surface area (Å²) in [6.45, 7) is -0.102. The van der Waals surface area contributed by atoms with E-state index in [0.29, 0.717) is 0 Å². The van der Waals surface area contributed by atoms with E-state index in [-0.39, 0.29) is 28.6 Å². The van der Waals surface area contributed by atoms with Crippen LogP contribution in [0.4, 0.5) is 5.69 Å². The number of nitrogens with zero attached hydrogens (tertiary/aromatic N) is 2. The number of benzene rings is 1. The lowest BCUT2D eigenvalue weighted by atomic mass is 10.2. The topological polar surface area (TPSA) is 101 Å². The van der Waals surface area contributed by atoms with Crippen LogP contribution in [0, 0.1) is 0 Å². The van der Waals surface area contributed by atoms with Crippen LogP contribution >= 0.6 is 0 Å². The zero-order valence-electron chi connectivity index (χ0n) is 12.5. The van der Waals surface area contributed by atoms with E-state index in [9.17, 15) is 18.0 Å². The van der Waals surface area contributed by atoms with Gasteiger partial charge in [-0.3, -0.25) is 9.59 Å². The molecule has 1 rings (SSSR count). The second-order valence-corrected chi connectivity index (χ2v) is 7.03. The molecular formula is C13H19N3O4S. The highest BCUT2D eigenvalue weighted by Gasteiger charge is 2.18. The summed E-state index contributed by atoms with van der Waals surface area (Å²) in [7, 11) is 1.17. The van der Waals surface area contributed by atoms with Crippen LogP contribution in [0.5, 0.6) is 0 Å². The second-order valence-electron chi connectivity index (χ2n) is 5.01. The molecule has 116 valence electrons. The normalized spacial score (nSPS) is 11.0. The number of anilines is 1. The van der Waals surface area contributed by atoms with Crippen LogP contribution in [0.15, 0.2) is 23.1 Å². The van der Waals surface area contributed by atoms with Crippen molar-refractivity contribution in [3.63, 3.8) is 0 Å². The fraction of sp³-hybridized carbons (Fsp3) is 0.385. The number of likely N-dealkylation sites (N-methyl/N-ethyl adjacent to an activating group) is 2. The van der Waals surface area contributed by atoms with E-state index in [1.807, 2.05) is 0 Å². The van der Waals surface area contributed by atoms with E-state index >= 15 is 0 Å². The van der Waals surface area contributed by atoms with Crippen LogP contribution in [0.3, 0.4) is 0 Å². The smallest absolute Gasteiger partial charge is 0.254 e. The minimum absolute atomic E-state index is 0.0295. The highest BCUT2D eigenvalue weighted by atomic mass is 32.2. The average Bonchev–Trinajstić information content (AvgIpc) is 2.35. The van der Waals surface area contributed by atoms with Gasteiger partial charge in [0.2, 0.25) is 5.91 Å². The van der Waals surface area contributed by atoms with Crippen LogP contribution < -0.4 is 5.73 Å². The molecule has 0 radical (unpaired) electrons. The largest absolute Gasteiger partial charge is 0.399 e. The third-order valence-corrected chi connectivity index (χ3v) is 3.91. The molecule has 0 fully saturated rings. The highest BCUT2D eigenvalue weighted by molar-refractivity contribution is 7.90. The molecule has 0 saturated heterocycles. The number of hydrogen-bond donors (Lipinski definition) is 1. The number of carbonyl (C=O) groups excluding carboxylic acids is 2. The molecule has 1 aromatic carbocycles. The molecule has 0 aliphatic rings. The Bertz CT molecular complexity index is 668. The van der Waals surface area contributed by atoms with Gasteiger partial charge >= 0.3 is 0 Å². The first kappa shape index (κ1) is 17.0. The van der Waals surface area contributed by atoms with Crippen molar-refractivity contribution in [1.82, 2.24) is 9.80 Å². The van der Waals surface area contributed by atoms with Gasteiger partial charge in [0.05, 0.1) is 11.4 Å². The molecule has 0 aliphatic carbocycles. The predicted octanol–water partition coefficient (Wildman–Crippen LogP) is -0.167. The fourth-order valence-electron chi connectivity index (χ4n) is 1.60. The van der Waals surface area contributed by atoms with Crippen LogP contribution in [0.25, 0.3) is 0 Å². The summed E-state index contributed by atoms with van der Waals surface area (Å²) in [5.41, 5.74) is 5.94. The summed E-state index contributed by atoms with van der Waals surface area (Å²) < 4.78 is 23.1. The maximum absolute atomic E-state index is 12.2. The molecule has 0 atom stereocenters. The number of nitrogen functional groups attached to an aromatic ring is 1. The third kappa shape index (κ3) is 4.45. The number of nitrogens with two attached hydrogens (primary N) is 1. The zero-order chi connectivity index (χ0) is 16.4. The molecule has 2 N–H and O–H groups in total. The standard InChI is InChI=1S/C13H19N3O4S/c1-15(2)12(17)8-16(3)13(18)9-5-10(14)7-11(6-9)21(4,19)20/h5-7H,8,14H2,1-4H3. The molecule has 1 aromatic rings. The van der Waals surface area contributed by atoms with Crippen molar-refractivity contribution in [2.24, 2.45) is 0 Å². The molecule has 8 heteroatoms. The summed E-state index contributed by atoms with van der Waals surface area (Å²) in [4.78, 5) is 26.4. The van der Waals surface area contributed by atoms with Crippen molar-refractivity contribution in [2.75, 3.05) is 39.7 Å². The first-order valence-corrected chi connectivity index (χ1v) is 7.97. The SMILES string of the molecule is CN(C)C(=O)CN(C)C(=O)c1cc(N)cc(S(C)(=O)=O)c1. The number of rotatable bonds is 4. The van der Waals surface area contributed by atoms with E-state index in [0.717, 1.165) is 6.26 Å². The molecule has 0 aliphatic heterocycles. The first-order valence-electron chi connectivity index (χ1n) is 6.08. The van der Waals surface area contributed by atoms with Gasteiger partial charge in [-0.2, -0.15) is 0 Å². The second kappa shape index (κ2) is 6.13. The average molecular weight is 313 g/mol. The van der Waals surface area contributed by atoms with Crippen LogP contribution in [-0.4, -0.2) is 64.0 Å². The Morgan fingerprint density at radius 1 is 1.14 bits per heavy atom. The Hall–Kier alpha value is -2.09. The Labute approximate surface area is 124 Å². The van der Waals surface area contributed by atoms with Gasteiger partial charge in [0.25, 0.3) is 5.91 Å². The molecule has 0 saturated carbocycles. The molecule has 0 spiro atoms. The minimum atomic E-state index is -3.47. The first-order chi connectivity index (χ1) is 9.52. The number of hydrogen-bond acceptors (Lipinski definition) is 5. The maximum atomic E-state index is 12.2. The van der Waals surface area contributed by atoms with Crippen molar-refractivity contribution < 1.29 is 18.0 Å².